The number of sulfonamides is 1. The summed E-state index contributed by atoms with van der Waals surface area (Å²) in [6.45, 7) is 7.59. The number of anilines is 2. The van der Waals surface area contributed by atoms with Gasteiger partial charge in [0.2, 0.25) is 21.8 Å². The van der Waals surface area contributed by atoms with Gasteiger partial charge in [-0.3, -0.25) is 9.59 Å². The van der Waals surface area contributed by atoms with Crippen molar-refractivity contribution in [3.05, 3.63) is 54.1 Å². The van der Waals surface area contributed by atoms with E-state index in [4.69, 9.17) is 0 Å². The maximum atomic E-state index is 12.6. The maximum Gasteiger partial charge on any atom is 0.241 e. The number of rotatable bonds is 5. The van der Waals surface area contributed by atoms with Crippen molar-refractivity contribution in [2.45, 2.75) is 44.6 Å². The molecule has 1 aliphatic rings. The van der Waals surface area contributed by atoms with Gasteiger partial charge in [0.1, 0.15) is 0 Å². The molecule has 2 aromatic carbocycles. The first-order chi connectivity index (χ1) is 13.9. The van der Waals surface area contributed by atoms with Crippen LogP contribution in [0.5, 0.6) is 0 Å². The number of aryl methyl sites for hydroxylation is 1. The number of nitrogens with one attached hydrogen (secondary N) is 2. The maximum absolute atomic E-state index is 12.6. The summed E-state index contributed by atoms with van der Waals surface area (Å²) in [5.74, 6) is -0.820. The molecule has 160 valence electrons. The van der Waals surface area contributed by atoms with Gasteiger partial charge in [-0.2, -0.15) is 0 Å². The van der Waals surface area contributed by atoms with E-state index < -0.39 is 21.5 Å². The minimum atomic E-state index is -3.64. The first-order valence-corrected chi connectivity index (χ1v) is 11.2. The minimum absolute atomic E-state index is 0.0892. The Bertz CT molecular complexity index is 1040. The predicted octanol–water partition coefficient (Wildman–Crippen LogP) is 3.06. The van der Waals surface area contributed by atoms with Crippen LogP contribution < -0.4 is 14.9 Å². The lowest BCUT2D eigenvalue weighted by Gasteiger charge is -2.20. The van der Waals surface area contributed by atoms with E-state index in [1.165, 1.54) is 12.1 Å². The van der Waals surface area contributed by atoms with Crippen LogP contribution in [0.3, 0.4) is 0 Å². The minimum Gasteiger partial charge on any atom is -0.326 e. The van der Waals surface area contributed by atoms with Crippen LogP contribution in [0.25, 0.3) is 0 Å². The van der Waals surface area contributed by atoms with Gasteiger partial charge in [-0.15, -0.1) is 0 Å². The quantitative estimate of drug-likeness (QED) is 0.764. The molecule has 30 heavy (non-hydrogen) atoms. The highest BCUT2D eigenvalue weighted by Gasteiger charge is 2.35. The first-order valence-electron chi connectivity index (χ1n) is 9.76. The molecule has 8 heteroatoms. The predicted molar refractivity (Wildman–Crippen MR) is 117 cm³/mol. The molecule has 0 radical (unpaired) electrons. The van der Waals surface area contributed by atoms with Crippen molar-refractivity contribution in [1.29, 1.82) is 0 Å². The number of amides is 2. The van der Waals surface area contributed by atoms with E-state index in [1.54, 1.807) is 37.8 Å². The molecule has 0 spiro atoms. The summed E-state index contributed by atoms with van der Waals surface area (Å²) < 4.78 is 27.3. The number of carbonyl (C=O) groups is 2. The van der Waals surface area contributed by atoms with E-state index in [-0.39, 0.29) is 23.1 Å². The van der Waals surface area contributed by atoms with Crippen molar-refractivity contribution in [2.75, 3.05) is 16.8 Å². The van der Waals surface area contributed by atoms with Gasteiger partial charge in [0.25, 0.3) is 0 Å². The van der Waals surface area contributed by atoms with Crippen molar-refractivity contribution >= 4 is 33.2 Å². The molecule has 1 saturated heterocycles. The highest BCUT2D eigenvalue weighted by Crippen LogP contribution is 2.26. The lowest BCUT2D eigenvalue weighted by Crippen LogP contribution is -2.40. The topological polar surface area (TPSA) is 95.6 Å². The Labute approximate surface area is 177 Å². The Balaban J connectivity index is 1.65. The molecule has 2 amide bonds. The molecule has 1 fully saturated rings. The number of benzene rings is 2. The van der Waals surface area contributed by atoms with Gasteiger partial charge in [-0.05, 0) is 64.1 Å². The zero-order valence-corrected chi connectivity index (χ0v) is 18.4. The third-order valence-electron chi connectivity index (χ3n) is 4.71. The van der Waals surface area contributed by atoms with Crippen LogP contribution in [0.1, 0.15) is 32.8 Å². The third-order valence-corrected chi connectivity index (χ3v) is 6.49. The Hall–Kier alpha value is -2.71. The van der Waals surface area contributed by atoms with Crippen molar-refractivity contribution in [1.82, 2.24) is 4.72 Å². The second kappa shape index (κ2) is 8.20. The van der Waals surface area contributed by atoms with Crippen LogP contribution in [0.15, 0.2) is 53.4 Å². The van der Waals surface area contributed by atoms with Gasteiger partial charge in [-0.25, -0.2) is 13.1 Å². The smallest absolute Gasteiger partial charge is 0.241 e. The van der Waals surface area contributed by atoms with E-state index in [2.05, 4.69) is 10.0 Å². The molecule has 1 heterocycles. The Morgan fingerprint density at radius 2 is 1.63 bits per heavy atom. The second-order valence-corrected chi connectivity index (χ2v) is 10.3. The summed E-state index contributed by atoms with van der Waals surface area (Å²) in [6.07, 6.45) is 0.141. The fourth-order valence-electron chi connectivity index (χ4n) is 3.28. The van der Waals surface area contributed by atoms with Gasteiger partial charge in [-0.1, -0.05) is 17.7 Å². The van der Waals surface area contributed by atoms with Gasteiger partial charge < -0.3 is 10.2 Å². The van der Waals surface area contributed by atoms with Crippen LogP contribution in [0.2, 0.25) is 0 Å². The Kier molecular flexibility index (Phi) is 6.01. The molecule has 0 saturated carbocycles. The monoisotopic (exact) mass is 429 g/mol. The normalized spacial score (nSPS) is 17.3. The number of hydrogen-bond donors (Lipinski definition) is 2. The highest BCUT2D eigenvalue weighted by atomic mass is 32.2. The summed E-state index contributed by atoms with van der Waals surface area (Å²) in [4.78, 5) is 26.8. The number of carbonyl (C=O) groups excluding carboxylic acids is 2. The molecule has 7 nitrogen and oxygen atoms in total. The van der Waals surface area contributed by atoms with Gasteiger partial charge in [0, 0.05) is 29.9 Å². The molecular weight excluding hydrogens is 402 g/mol. The van der Waals surface area contributed by atoms with E-state index in [9.17, 15) is 18.0 Å². The molecule has 2 aromatic rings. The fraction of sp³-hybridized carbons (Fsp3) is 0.364. The molecule has 2 N–H and O–H groups in total. The molecule has 0 aliphatic carbocycles. The zero-order valence-electron chi connectivity index (χ0n) is 17.6. The highest BCUT2D eigenvalue weighted by molar-refractivity contribution is 7.89. The van der Waals surface area contributed by atoms with Gasteiger partial charge in [0.05, 0.1) is 10.8 Å². The summed E-state index contributed by atoms with van der Waals surface area (Å²) >= 11 is 0. The zero-order chi connectivity index (χ0) is 22.1. The average Bonchev–Trinajstić information content (AvgIpc) is 3.03. The number of nitrogens with zero attached hydrogens (tertiary/aromatic N) is 1. The van der Waals surface area contributed by atoms with Crippen molar-refractivity contribution in [3.8, 4) is 0 Å². The summed E-state index contributed by atoms with van der Waals surface area (Å²) in [7, 11) is -3.64. The summed E-state index contributed by atoms with van der Waals surface area (Å²) in [5, 5.41) is 2.78. The number of hydrogen-bond acceptors (Lipinski definition) is 4. The third kappa shape index (κ3) is 5.25. The lowest BCUT2D eigenvalue weighted by molar-refractivity contribution is -0.122. The van der Waals surface area contributed by atoms with E-state index in [0.717, 1.165) is 11.3 Å². The molecule has 1 atom stereocenters. The molecule has 1 aliphatic heterocycles. The van der Waals surface area contributed by atoms with Crippen molar-refractivity contribution < 1.29 is 18.0 Å². The SMILES string of the molecule is Cc1ccc(N2C[C@@H](C(=O)Nc3ccc(S(=O)(=O)NC(C)(C)C)cc3)CC2=O)cc1. The van der Waals surface area contributed by atoms with Crippen LogP contribution in [0.4, 0.5) is 11.4 Å². The van der Waals surface area contributed by atoms with E-state index in [1.807, 2.05) is 31.2 Å². The van der Waals surface area contributed by atoms with Gasteiger partial charge >= 0.3 is 0 Å². The standard InChI is InChI=1S/C22H27N3O4S/c1-15-5-9-18(10-6-15)25-14-16(13-20(25)26)21(27)23-17-7-11-19(12-8-17)30(28,29)24-22(2,3)4/h5-12,16,24H,13-14H2,1-4H3,(H,23,27)/t16-/m0/s1. The van der Waals surface area contributed by atoms with Crippen molar-refractivity contribution in [2.24, 2.45) is 5.92 Å². The fourth-order valence-corrected chi connectivity index (χ4v) is 4.70. The van der Waals surface area contributed by atoms with Crippen LogP contribution in [-0.4, -0.2) is 32.3 Å². The lowest BCUT2D eigenvalue weighted by atomic mass is 10.1. The Morgan fingerprint density at radius 3 is 2.20 bits per heavy atom. The molecule has 0 bridgehead atoms. The average molecular weight is 430 g/mol. The Morgan fingerprint density at radius 1 is 1.03 bits per heavy atom. The largest absolute Gasteiger partial charge is 0.326 e. The summed E-state index contributed by atoms with van der Waals surface area (Å²) in [5.41, 5.74) is 1.77. The van der Waals surface area contributed by atoms with Gasteiger partial charge in [0.15, 0.2) is 0 Å². The van der Waals surface area contributed by atoms with Crippen LogP contribution >= 0.6 is 0 Å². The second-order valence-electron chi connectivity index (χ2n) is 8.61. The molecule has 0 unspecified atom stereocenters. The first kappa shape index (κ1) is 22.0. The van der Waals surface area contributed by atoms with E-state index >= 15 is 0 Å². The molecule has 0 aromatic heterocycles. The molecular formula is C22H27N3O4S. The molecule has 3 rings (SSSR count). The van der Waals surface area contributed by atoms with Crippen LogP contribution in [0, 0.1) is 12.8 Å². The van der Waals surface area contributed by atoms with Crippen molar-refractivity contribution in [3.63, 3.8) is 0 Å². The van der Waals surface area contributed by atoms with E-state index in [0.29, 0.717) is 12.2 Å². The summed E-state index contributed by atoms with van der Waals surface area (Å²) in [6, 6.07) is 13.6. The van der Waals surface area contributed by atoms with Crippen LogP contribution in [-0.2, 0) is 19.6 Å².